The van der Waals surface area contributed by atoms with E-state index < -0.39 is 11.7 Å². The molecule has 3 aromatic carbocycles. The van der Waals surface area contributed by atoms with Gasteiger partial charge in [0.25, 0.3) is 0 Å². The number of unbranched alkanes of at least 4 members (excludes halogenated alkanes) is 1. The van der Waals surface area contributed by atoms with Gasteiger partial charge < -0.3 is 19.6 Å². The maximum atomic E-state index is 11.9. The van der Waals surface area contributed by atoms with E-state index in [-0.39, 0.29) is 24.7 Å². The summed E-state index contributed by atoms with van der Waals surface area (Å²) in [5, 5.41) is 12.6. The van der Waals surface area contributed by atoms with E-state index in [4.69, 9.17) is 25.9 Å². The number of aryl methyl sites for hydroxylation is 2. The lowest BCUT2D eigenvalue weighted by molar-refractivity contribution is -0.137. The number of nitrogens with zero attached hydrogens (tertiary/aromatic N) is 2. The summed E-state index contributed by atoms with van der Waals surface area (Å²) >= 11 is 6.26. The molecule has 0 unspecified atom stereocenters. The van der Waals surface area contributed by atoms with Gasteiger partial charge in [-0.05, 0) is 62.1 Å². The fourth-order valence-corrected chi connectivity index (χ4v) is 4.70. The molecule has 5 aromatic rings. The van der Waals surface area contributed by atoms with Crippen molar-refractivity contribution < 1.29 is 19.1 Å². The minimum Gasteiger partial charge on any atom is -0.483 e. The summed E-state index contributed by atoms with van der Waals surface area (Å²) in [5.41, 5.74) is 4.25. The van der Waals surface area contributed by atoms with E-state index in [0.29, 0.717) is 16.3 Å². The third kappa shape index (κ3) is 9.84. The predicted octanol–water partition coefficient (Wildman–Crippen LogP) is 7.06. The molecule has 0 spiro atoms. The second kappa shape index (κ2) is 16.3. The maximum absolute atomic E-state index is 11.9. The Labute approximate surface area is 255 Å². The van der Waals surface area contributed by atoms with E-state index in [9.17, 15) is 9.59 Å². The Hall–Kier alpha value is -4.40. The summed E-state index contributed by atoms with van der Waals surface area (Å²) in [6.07, 6.45) is 4.81. The molecule has 2 N–H and O–H groups in total. The summed E-state index contributed by atoms with van der Waals surface area (Å²) in [5.74, 6) is -1.29. The van der Waals surface area contributed by atoms with Crippen LogP contribution in [0.1, 0.15) is 49.1 Å². The lowest BCUT2D eigenvalue weighted by atomic mass is 10.1. The summed E-state index contributed by atoms with van der Waals surface area (Å²) < 4.78 is 12.2. The van der Waals surface area contributed by atoms with Gasteiger partial charge in [0.1, 0.15) is 11.9 Å². The lowest BCUT2D eigenvalue weighted by Crippen LogP contribution is -2.16. The van der Waals surface area contributed by atoms with Gasteiger partial charge in [-0.2, -0.15) is 0 Å². The van der Waals surface area contributed by atoms with Crippen LogP contribution in [0.2, 0.25) is 5.02 Å². The number of halogens is 1. The molecular formula is C34H36ClN3O5. The maximum Gasteiger partial charge on any atom is 0.419 e. The van der Waals surface area contributed by atoms with Gasteiger partial charge >= 0.3 is 11.7 Å². The summed E-state index contributed by atoms with van der Waals surface area (Å²) in [4.78, 5) is 26.9. The van der Waals surface area contributed by atoms with Gasteiger partial charge in [-0.15, -0.1) is 0 Å². The average Bonchev–Trinajstić information content (AvgIpc) is 3.33. The van der Waals surface area contributed by atoms with E-state index in [1.165, 1.54) is 47.1 Å². The van der Waals surface area contributed by atoms with Gasteiger partial charge in [0.05, 0.1) is 22.7 Å². The highest BCUT2D eigenvalue weighted by atomic mass is 35.5. The van der Waals surface area contributed by atoms with Crippen molar-refractivity contribution in [2.24, 2.45) is 0 Å². The Morgan fingerprint density at radius 3 is 2.37 bits per heavy atom. The Balaban J connectivity index is 0.000000208. The molecule has 1 atom stereocenters. The van der Waals surface area contributed by atoms with Gasteiger partial charge in [-0.25, -0.2) is 4.79 Å². The highest BCUT2D eigenvalue weighted by molar-refractivity contribution is 6.32. The molecule has 2 aromatic heterocycles. The molecule has 0 fully saturated rings. The Kier molecular flexibility index (Phi) is 11.9. The van der Waals surface area contributed by atoms with E-state index >= 15 is 0 Å². The van der Waals surface area contributed by atoms with Crippen LogP contribution in [-0.4, -0.2) is 27.2 Å². The van der Waals surface area contributed by atoms with Crippen LogP contribution in [0.15, 0.2) is 106 Å². The van der Waals surface area contributed by atoms with E-state index in [1.807, 2.05) is 25.1 Å². The number of carboxylic acid groups (broad SMARTS) is 1. The number of aromatic nitrogens is 2. The van der Waals surface area contributed by atoms with Crippen molar-refractivity contribution in [1.82, 2.24) is 14.9 Å². The Bertz CT molecular complexity index is 1580. The van der Waals surface area contributed by atoms with Crippen molar-refractivity contribution in [3.63, 3.8) is 0 Å². The molecule has 43 heavy (non-hydrogen) atoms. The first-order valence-corrected chi connectivity index (χ1v) is 14.7. The van der Waals surface area contributed by atoms with Crippen molar-refractivity contribution in [3.8, 4) is 5.75 Å². The van der Waals surface area contributed by atoms with Crippen LogP contribution >= 0.6 is 11.6 Å². The number of benzene rings is 3. The van der Waals surface area contributed by atoms with Gasteiger partial charge in [0, 0.05) is 25.4 Å². The zero-order chi connectivity index (χ0) is 30.4. The number of rotatable bonds is 13. The number of hydrogen-bond acceptors (Lipinski definition) is 6. The number of pyridine rings is 1. The van der Waals surface area contributed by atoms with Gasteiger partial charge in [0.2, 0.25) is 0 Å². The number of ether oxygens (including phenoxy) is 1. The van der Waals surface area contributed by atoms with Crippen LogP contribution in [0.3, 0.4) is 0 Å². The number of carboxylic acids is 1. The summed E-state index contributed by atoms with van der Waals surface area (Å²) in [6, 6.07) is 29.8. The first kappa shape index (κ1) is 31.5. The minimum atomic E-state index is -1.00. The fourth-order valence-electron chi connectivity index (χ4n) is 4.49. The first-order chi connectivity index (χ1) is 20.9. The van der Waals surface area contributed by atoms with Gasteiger partial charge in [-0.3, -0.25) is 14.3 Å². The monoisotopic (exact) mass is 601 g/mol. The lowest BCUT2D eigenvalue weighted by Gasteiger charge is -2.15. The molecule has 2 heterocycles. The van der Waals surface area contributed by atoms with Crippen molar-refractivity contribution in [3.05, 3.63) is 130 Å². The second-order valence-corrected chi connectivity index (χ2v) is 10.4. The predicted molar refractivity (Wildman–Crippen MR) is 169 cm³/mol. The molecule has 9 heteroatoms. The number of carbonyl (C=O) groups is 1. The molecule has 224 valence electrons. The van der Waals surface area contributed by atoms with Crippen molar-refractivity contribution in [2.45, 2.75) is 51.8 Å². The summed E-state index contributed by atoms with van der Waals surface area (Å²) in [7, 11) is 0. The highest BCUT2D eigenvalue weighted by Crippen LogP contribution is 2.32. The van der Waals surface area contributed by atoms with Crippen LogP contribution in [-0.2, 0) is 24.3 Å². The van der Waals surface area contributed by atoms with E-state index in [2.05, 4.69) is 71.0 Å². The van der Waals surface area contributed by atoms with Crippen molar-refractivity contribution >= 4 is 28.7 Å². The quantitative estimate of drug-likeness (QED) is 0.139. The molecule has 0 saturated heterocycles. The average molecular weight is 602 g/mol. The Morgan fingerprint density at radius 2 is 1.70 bits per heavy atom. The second-order valence-electron chi connectivity index (χ2n) is 10.0. The molecule has 0 radical (unpaired) electrons. The minimum absolute atomic E-state index is 0.00202. The van der Waals surface area contributed by atoms with E-state index in [0.717, 1.165) is 18.8 Å². The van der Waals surface area contributed by atoms with Gasteiger partial charge in [-0.1, -0.05) is 78.3 Å². The van der Waals surface area contributed by atoms with Crippen molar-refractivity contribution in [2.75, 3.05) is 6.54 Å². The topological polar surface area (TPSA) is 107 Å². The number of hydrogen-bond donors (Lipinski definition) is 2. The number of oxazole rings is 1. The molecule has 8 nitrogen and oxygen atoms in total. The standard InChI is InChI=1S/C17H15ClN2O5.C17H21N/c1-10(12-4-2-3-6-19-12)24-14-9-15-13(8-11(14)18)20(17(23)25-15)7-5-16(21)22;1-3-9-16(10-4-1)11-7-8-14-18-15-17-12-5-2-6-13-17/h2-4,6,8-10H,5,7H2,1H3,(H,21,22);1-6,9-10,12-13,18H,7-8,11,14-15H2/t10-;/m1./s1. The van der Waals surface area contributed by atoms with Gasteiger partial charge in [0.15, 0.2) is 5.58 Å². The first-order valence-electron chi connectivity index (χ1n) is 14.3. The smallest absolute Gasteiger partial charge is 0.419 e. The number of fused-ring (bicyclic) bond motifs is 1. The number of aliphatic carboxylic acids is 1. The molecule has 0 amide bonds. The van der Waals surface area contributed by atoms with Crippen molar-refractivity contribution in [1.29, 1.82) is 0 Å². The third-order valence-corrected chi connectivity index (χ3v) is 7.06. The molecule has 0 aliphatic carbocycles. The summed E-state index contributed by atoms with van der Waals surface area (Å²) in [6.45, 7) is 3.91. The fraction of sp³-hybridized carbons (Fsp3) is 0.265. The largest absolute Gasteiger partial charge is 0.483 e. The van der Waals surface area contributed by atoms with E-state index in [1.54, 1.807) is 6.20 Å². The van der Waals surface area contributed by atoms with Crippen LogP contribution in [0, 0.1) is 0 Å². The SMILES string of the molecule is C[C@@H](Oc1cc2oc(=O)n(CCC(=O)O)c2cc1Cl)c1ccccn1.c1ccc(CCCCNCc2ccccc2)cc1. The molecule has 0 saturated carbocycles. The van der Waals surface area contributed by atoms with Crippen LogP contribution in [0.5, 0.6) is 5.75 Å². The highest BCUT2D eigenvalue weighted by Gasteiger charge is 2.17. The van der Waals surface area contributed by atoms with Crippen LogP contribution < -0.4 is 15.8 Å². The zero-order valence-corrected chi connectivity index (χ0v) is 24.9. The normalized spacial score (nSPS) is 11.5. The Morgan fingerprint density at radius 1 is 1.00 bits per heavy atom. The molecule has 0 aliphatic rings. The third-order valence-electron chi connectivity index (χ3n) is 6.76. The molecule has 5 rings (SSSR count). The molecule has 0 bridgehead atoms. The zero-order valence-electron chi connectivity index (χ0n) is 24.1. The molecule has 0 aliphatic heterocycles. The van der Waals surface area contributed by atoms with Crippen LogP contribution in [0.4, 0.5) is 0 Å². The van der Waals surface area contributed by atoms with Crippen LogP contribution in [0.25, 0.3) is 11.1 Å². The molecular weight excluding hydrogens is 566 g/mol. The number of nitrogens with one attached hydrogen (secondary N) is 1.